The van der Waals surface area contributed by atoms with Crippen LogP contribution in [0.2, 0.25) is 5.02 Å². The highest BCUT2D eigenvalue weighted by molar-refractivity contribution is 8.01. The minimum absolute atomic E-state index is 0.0863. The number of hydrogen-bond acceptors (Lipinski definition) is 8. The molecule has 2 unspecified atom stereocenters. The normalized spacial score (nSPS) is 17.0. The fourth-order valence-electron chi connectivity index (χ4n) is 7.28. The van der Waals surface area contributed by atoms with E-state index in [9.17, 15) is 4.79 Å². The van der Waals surface area contributed by atoms with Gasteiger partial charge in [0.2, 0.25) is 5.89 Å². The van der Waals surface area contributed by atoms with Crippen molar-refractivity contribution in [2.45, 2.75) is 18.9 Å². The molecule has 2 aliphatic rings. The fraction of sp³-hybridized carbons (Fsp3) is 0.158. The van der Waals surface area contributed by atoms with Crippen LogP contribution in [0.3, 0.4) is 0 Å². The van der Waals surface area contributed by atoms with Crippen LogP contribution in [0, 0.1) is 16.2 Å². The number of rotatable bonds is 6. The molecule has 2 aliphatic heterocycles. The molecule has 0 radical (unpaired) electrons. The fourth-order valence-corrected chi connectivity index (χ4v) is 11.6. The monoisotopic (exact) mass is 727 g/mol. The molecule has 0 spiro atoms. The van der Waals surface area contributed by atoms with E-state index in [4.69, 9.17) is 39.6 Å². The molecule has 4 heterocycles. The van der Waals surface area contributed by atoms with Crippen molar-refractivity contribution in [1.29, 1.82) is 0 Å². The lowest BCUT2D eigenvalue weighted by Gasteiger charge is -2.42. The van der Waals surface area contributed by atoms with Crippen LogP contribution in [0.1, 0.15) is 18.0 Å². The predicted molar refractivity (Wildman–Crippen MR) is 185 cm³/mol. The first-order chi connectivity index (χ1) is 24.1. The Labute approximate surface area is 296 Å². The molecule has 0 N–H and O–H groups in total. The molecule has 12 heteroatoms. The Morgan fingerprint density at radius 2 is 1.24 bits per heavy atom. The lowest BCUT2D eigenvalue weighted by atomic mass is 9.83. The standard InChI is InChI=1S/C38H32ClN3O2P.ClHO4/c39-30-21-19-28(20-22-30)36-40-37(38(44-36)41-24-27-23-29(26-41)34-17-10-18-35(43)42(34)25-27)45(31-11-4-1-5-12-31,32-13-6-2-7-14-32)33-15-8-3-9-16-33;2-1(3,4)5/h1-22,27,29H,23-26H2;(H,2,3,4,5)/q+1;/p-1. The summed E-state index contributed by atoms with van der Waals surface area (Å²) in [5.41, 5.74) is 3.04. The predicted octanol–water partition coefficient (Wildman–Crippen LogP) is 1.64. The Morgan fingerprint density at radius 3 is 1.78 bits per heavy atom. The lowest BCUT2D eigenvalue weighted by molar-refractivity contribution is -2.00. The zero-order chi connectivity index (χ0) is 34.9. The van der Waals surface area contributed by atoms with Crippen LogP contribution in [0.4, 0.5) is 5.88 Å². The van der Waals surface area contributed by atoms with E-state index in [-0.39, 0.29) is 11.5 Å². The Hall–Kier alpha value is -4.31. The Bertz CT molecular complexity index is 2020. The number of halogens is 2. The molecule has 2 atom stereocenters. The van der Waals surface area contributed by atoms with Gasteiger partial charge >= 0.3 is 0 Å². The average Bonchev–Trinajstić information content (AvgIpc) is 3.56. The van der Waals surface area contributed by atoms with Crippen molar-refractivity contribution in [3.63, 3.8) is 0 Å². The number of aromatic nitrogens is 2. The van der Waals surface area contributed by atoms with Crippen molar-refractivity contribution in [2.24, 2.45) is 5.92 Å². The number of nitrogens with zero attached hydrogens (tertiary/aromatic N) is 3. The zero-order valence-corrected chi connectivity index (χ0v) is 29.1. The van der Waals surface area contributed by atoms with Crippen molar-refractivity contribution >= 4 is 46.1 Å². The van der Waals surface area contributed by atoms with E-state index in [2.05, 4.69) is 102 Å². The first-order valence-corrected chi connectivity index (χ1v) is 19.4. The summed E-state index contributed by atoms with van der Waals surface area (Å²) in [4.78, 5) is 20.7. The second-order valence-corrected chi connectivity index (χ2v) is 16.8. The minimum Gasteiger partial charge on any atom is -0.416 e. The van der Waals surface area contributed by atoms with Gasteiger partial charge in [0.25, 0.3) is 16.9 Å². The van der Waals surface area contributed by atoms with E-state index in [1.54, 1.807) is 6.07 Å². The number of fused-ring (bicyclic) bond motifs is 4. The molecule has 254 valence electrons. The highest BCUT2D eigenvalue weighted by Crippen LogP contribution is 2.56. The smallest absolute Gasteiger partial charge is 0.262 e. The number of benzene rings is 4. The molecule has 9 nitrogen and oxygen atoms in total. The van der Waals surface area contributed by atoms with Gasteiger partial charge in [0.1, 0.15) is 15.9 Å². The highest BCUT2D eigenvalue weighted by atomic mass is 35.7. The van der Waals surface area contributed by atoms with Crippen molar-refractivity contribution in [3.8, 4) is 11.5 Å². The van der Waals surface area contributed by atoms with E-state index in [1.165, 1.54) is 15.9 Å². The minimum atomic E-state index is -4.94. The van der Waals surface area contributed by atoms with E-state index >= 15 is 0 Å². The van der Waals surface area contributed by atoms with Gasteiger partial charge in [-0.1, -0.05) is 72.3 Å². The summed E-state index contributed by atoms with van der Waals surface area (Å²) in [6.07, 6.45) is 1.06. The molecular weight excluding hydrogens is 696 g/mol. The van der Waals surface area contributed by atoms with Crippen LogP contribution < -0.4 is 50.4 Å². The quantitative estimate of drug-likeness (QED) is 0.236. The first kappa shape index (κ1) is 34.2. The molecule has 4 aromatic carbocycles. The molecule has 50 heavy (non-hydrogen) atoms. The second kappa shape index (κ2) is 14.1. The van der Waals surface area contributed by atoms with E-state index < -0.39 is 17.5 Å². The summed E-state index contributed by atoms with van der Waals surface area (Å²) in [5, 5.41) is 4.32. The summed E-state index contributed by atoms with van der Waals surface area (Å²) >= 11 is 6.30. The molecule has 2 aromatic heterocycles. The topological polar surface area (TPSA) is 144 Å². The SMILES string of the molecule is O=c1cccc2n1CC1CC2CN(c2oc(-c3ccc(Cl)cc3)nc2[P+](c2ccccc2)(c2ccccc2)c2ccccc2)C1.[O-][Cl+3]([O-])([O-])[O-]. The van der Waals surface area contributed by atoms with Crippen LogP contribution >= 0.6 is 18.9 Å². The van der Waals surface area contributed by atoms with Crippen molar-refractivity contribution in [1.82, 2.24) is 9.55 Å². The zero-order valence-electron chi connectivity index (χ0n) is 26.7. The van der Waals surface area contributed by atoms with Crippen molar-refractivity contribution < 1.29 is 33.3 Å². The third kappa shape index (κ3) is 6.87. The molecule has 8 rings (SSSR count). The van der Waals surface area contributed by atoms with Gasteiger partial charge in [0.05, 0.1) is 0 Å². The van der Waals surface area contributed by atoms with Crippen LogP contribution in [0.15, 0.2) is 143 Å². The molecule has 1 fully saturated rings. The van der Waals surface area contributed by atoms with Crippen LogP contribution in [-0.4, -0.2) is 22.6 Å². The molecular formula is C38H32Cl2N3O6P. The maximum absolute atomic E-state index is 12.8. The summed E-state index contributed by atoms with van der Waals surface area (Å²) in [5.74, 6) is 1.94. The summed E-state index contributed by atoms with van der Waals surface area (Å²) in [6, 6.07) is 45.8. The number of hydrogen-bond donors (Lipinski definition) is 0. The molecule has 2 bridgehead atoms. The number of anilines is 1. The van der Waals surface area contributed by atoms with E-state index in [0.717, 1.165) is 42.1 Å². The van der Waals surface area contributed by atoms with Gasteiger partial charge in [0.15, 0.2) is 7.26 Å². The van der Waals surface area contributed by atoms with Crippen molar-refractivity contribution in [3.05, 3.63) is 155 Å². The van der Waals surface area contributed by atoms with E-state index in [1.807, 2.05) is 34.9 Å². The number of oxazole rings is 1. The van der Waals surface area contributed by atoms with Gasteiger partial charge in [-0.2, -0.15) is 4.98 Å². The second-order valence-electron chi connectivity index (χ2n) is 12.3. The summed E-state index contributed by atoms with van der Waals surface area (Å²) < 4.78 is 42.9. The van der Waals surface area contributed by atoms with Gasteiger partial charge in [0, 0.05) is 47.9 Å². The van der Waals surface area contributed by atoms with Crippen molar-refractivity contribution in [2.75, 3.05) is 18.0 Å². The Morgan fingerprint density at radius 1 is 0.700 bits per heavy atom. The van der Waals surface area contributed by atoms with Gasteiger partial charge in [-0.25, -0.2) is 18.6 Å². The van der Waals surface area contributed by atoms with Crippen LogP contribution in [-0.2, 0) is 6.54 Å². The average molecular weight is 729 g/mol. The van der Waals surface area contributed by atoms with Gasteiger partial charge in [-0.05, 0) is 79.1 Å². The molecule has 0 saturated carbocycles. The first-order valence-electron chi connectivity index (χ1n) is 16.0. The van der Waals surface area contributed by atoms with Gasteiger partial charge in [-0.3, -0.25) is 4.79 Å². The van der Waals surface area contributed by atoms with Gasteiger partial charge in [-0.15, -0.1) is 10.2 Å². The third-order valence-corrected chi connectivity index (χ3v) is 13.6. The summed E-state index contributed by atoms with van der Waals surface area (Å²) in [6.45, 7) is 2.25. The molecule has 0 amide bonds. The lowest BCUT2D eigenvalue weighted by Crippen LogP contribution is -2.68. The summed E-state index contributed by atoms with van der Waals surface area (Å²) in [7, 11) is -7.50. The number of piperidine rings is 1. The number of pyridine rings is 1. The highest BCUT2D eigenvalue weighted by Gasteiger charge is 2.54. The third-order valence-electron chi connectivity index (χ3n) is 9.20. The Kier molecular flexibility index (Phi) is 9.65. The van der Waals surface area contributed by atoms with Gasteiger partial charge < -0.3 is 13.9 Å². The molecule has 1 saturated heterocycles. The van der Waals surface area contributed by atoms with E-state index in [0.29, 0.717) is 23.4 Å². The largest absolute Gasteiger partial charge is 0.416 e. The van der Waals surface area contributed by atoms with Crippen LogP contribution in [0.25, 0.3) is 11.5 Å². The van der Waals surface area contributed by atoms with Crippen LogP contribution in [0.5, 0.6) is 0 Å². The maximum atomic E-state index is 12.8. The Balaban J connectivity index is 0.000000734. The molecule has 0 aliphatic carbocycles. The maximum Gasteiger partial charge on any atom is 0.262 e. The molecule has 6 aromatic rings.